The van der Waals surface area contributed by atoms with Crippen LogP contribution in [0.1, 0.15) is 53.1 Å². The Balaban J connectivity index is 1.33. The molecule has 3 aromatic heterocycles. The number of halogens is 7. The normalized spacial score (nSPS) is 17.5. The Hall–Kier alpha value is -5.63. The quantitative estimate of drug-likeness (QED) is 0.150. The summed E-state index contributed by atoms with van der Waals surface area (Å²) >= 11 is 6.58. The number of benzene rings is 3. The smallest absolute Gasteiger partial charge is 0.293 e. The van der Waals surface area contributed by atoms with Gasteiger partial charge in [-0.1, -0.05) is 17.7 Å². The molecule has 2 aliphatic rings. The molecule has 13 nitrogen and oxygen atoms in total. The number of nitrogens with one attached hydrogen (secondary N) is 2. The fraction of sp³-hybridized carbons (Fsp3) is 0.306. The van der Waals surface area contributed by atoms with E-state index in [-0.39, 0.29) is 67.5 Å². The highest BCUT2D eigenvalue weighted by Crippen LogP contribution is 2.68. The SMILES string of the molecule is COc1cccc2nc([C@H](Cc3cc(F)cc(F)c3)NC(=O)Cn3nc(C(F)F)c4c3C(F)(F)[C@@H]3C[C@H]43)n(-c3ccc(Cl)c4c(NS(C)(=O)=O)nn(C)c34)c(=O)c12. The van der Waals surface area contributed by atoms with E-state index in [1.165, 1.54) is 49.2 Å². The van der Waals surface area contributed by atoms with Crippen molar-refractivity contribution in [2.24, 2.45) is 13.0 Å². The monoisotopic (exact) mass is 834 g/mol. The molecule has 0 radical (unpaired) electrons. The molecule has 6 aromatic rings. The van der Waals surface area contributed by atoms with E-state index in [4.69, 9.17) is 21.3 Å². The number of anilines is 1. The fourth-order valence-corrected chi connectivity index (χ4v) is 8.50. The summed E-state index contributed by atoms with van der Waals surface area (Å²) in [5.41, 5.74) is -2.59. The van der Waals surface area contributed by atoms with Gasteiger partial charge in [0.05, 0.1) is 46.5 Å². The second-order valence-corrected chi connectivity index (χ2v) is 16.0. The van der Waals surface area contributed by atoms with Gasteiger partial charge in [0.25, 0.3) is 17.9 Å². The molecule has 0 saturated heterocycles. The Morgan fingerprint density at radius 3 is 2.47 bits per heavy atom. The number of methoxy groups -OCH3 is 1. The minimum Gasteiger partial charge on any atom is -0.496 e. The van der Waals surface area contributed by atoms with Crippen LogP contribution >= 0.6 is 11.6 Å². The number of carbonyl (C=O) groups is 1. The number of alkyl halides is 4. The van der Waals surface area contributed by atoms with Crippen molar-refractivity contribution >= 4 is 55.2 Å². The third kappa shape index (κ3) is 6.53. The molecular formula is C36H29ClF6N8O5S. The van der Waals surface area contributed by atoms with Gasteiger partial charge in [-0.3, -0.25) is 28.2 Å². The van der Waals surface area contributed by atoms with Crippen LogP contribution in [-0.2, 0) is 40.8 Å². The maximum absolute atomic E-state index is 15.4. The average Bonchev–Trinajstić information content (AvgIpc) is 3.66. The van der Waals surface area contributed by atoms with Crippen molar-refractivity contribution in [3.05, 3.63) is 104 Å². The van der Waals surface area contributed by atoms with Crippen molar-refractivity contribution in [2.45, 2.75) is 43.7 Å². The van der Waals surface area contributed by atoms with Gasteiger partial charge in [-0.2, -0.15) is 19.0 Å². The zero-order chi connectivity index (χ0) is 40.9. The van der Waals surface area contributed by atoms with Crippen LogP contribution in [-0.4, -0.2) is 56.8 Å². The zero-order valence-electron chi connectivity index (χ0n) is 29.8. The van der Waals surface area contributed by atoms with Crippen LogP contribution in [0.4, 0.5) is 32.2 Å². The zero-order valence-corrected chi connectivity index (χ0v) is 31.4. The fourth-order valence-electron chi connectivity index (χ4n) is 7.76. The minimum atomic E-state index is -3.90. The third-order valence-electron chi connectivity index (χ3n) is 10.0. The highest BCUT2D eigenvalue weighted by molar-refractivity contribution is 7.92. The van der Waals surface area contributed by atoms with E-state index in [0.717, 1.165) is 23.0 Å². The van der Waals surface area contributed by atoms with Gasteiger partial charge in [-0.15, -0.1) is 0 Å². The van der Waals surface area contributed by atoms with Crippen LogP contribution in [0.15, 0.2) is 53.3 Å². The number of nitrogens with zero attached hydrogens (tertiary/aromatic N) is 6. The van der Waals surface area contributed by atoms with Crippen LogP contribution in [0.25, 0.3) is 27.5 Å². The molecule has 298 valence electrons. The van der Waals surface area contributed by atoms with Crippen molar-refractivity contribution in [2.75, 3.05) is 18.1 Å². The van der Waals surface area contributed by atoms with Crippen molar-refractivity contribution < 1.29 is 44.3 Å². The van der Waals surface area contributed by atoms with Gasteiger partial charge in [0.15, 0.2) is 5.82 Å². The first-order chi connectivity index (χ1) is 26.9. The van der Waals surface area contributed by atoms with Crippen molar-refractivity contribution in [3.63, 3.8) is 0 Å². The standard InChI is InChI=1S/C36H29ClF6N8O5S/c1-49-30-23(8-7-20(37)27(30)33(47-49)48-57(3,54)55)51-34(45-21-5-4-6-24(56-2)28(21)35(51)53)22(11-15-9-16(38)12-17(39)10-15)44-25(52)14-50-31-26(29(46-50)32(40)41)18-13-19(18)36(31,42)43/h4-10,12,18-19,22,32H,11,13-14H2,1-3H3,(H,44,52)(H,47,48)/t18-,19+,22-/m0/s1. The summed E-state index contributed by atoms with van der Waals surface area (Å²) in [5, 5.41) is 10.7. The molecule has 21 heteroatoms. The molecule has 1 fully saturated rings. The van der Waals surface area contributed by atoms with Gasteiger partial charge in [0.1, 0.15) is 46.5 Å². The van der Waals surface area contributed by atoms with E-state index in [2.05, 4.69) is 20.2 Å². The lowest BCUT2D eigenvalue weighted by atomic mass is 10.0. The van der Waals surface area contributed by atoms with Crippen LogP contribution in [0.2, 0.25) is 5.02 Å². The molecule has 3 heterocycles. The van der Waals surface area contributed by atoms with Crippen molar-refractivity contribution in [1.82, 2.24) is 34.4 Å². The van der Waals surface area contributed by atoms with E-state index in [9.17, 15) is 35.6 Å². The van der Waals surface area contributed by atoms with E-state index in [0.29, 0.717) is 10.7 Å². The first-order valence-corrected chi connectivity index (χ1v) is 19.4. The van der Waals surface area contributed by atoms with Crippen molar-refractivity contribution in [1.29, 1.82) is 0 Å². The summed E-state index contributed by atoms with van der Waals surface area (Å²) in [4.78, 5) is 33.5. The Kier molecular flexibility index (Phi) is 9.06. The second-order valence-electron chi connectivity index (χ2n) is 13.9. The van der Waals surface area contributed by atoms with Gasteiger partial charge in [-0.25, -0.2) is 31.0 Å². The lowest BCUT2D eigenvalue weighted by Crippen LogP contribution is -2.38. The summed E-state index contributed by atoms with van der Waals surface area (Å²) < 4.78 is 123. The lowest BCUT2D eigenvalue weighted by Gasteiger charge is -2.24. The summed E-state index contributed by atoms with van der Waals surface area (Å²) in [5.74, 6) is -8.91. The molecule has 1 amide bonds. The summed E-state index contributed by atoms with van der Waals surface area (Å²) in [7, 11) is -1.14. The lowest BCUT2D eigenvalue weighted by molar-refractivity contribution is -0.123. The molecule has 8 rings (SSSR count). The van der Waals surface area contributed by atoms with Gasteiger partial charge in [-0.05, 0) is 54.3 Å². The number of ether oxygens (including phenoxy) is 1. The van der Waals surface area contributed by atoms with Gasteiger partial charge < -0.3 is 10.1 Å². The molecule has 3 atom stereocenters. The number of sulfonamides is 1. The Labute approximate surface area is 323 Å². The van der Waals surface area contributed by atoms with Crippen LogP contribution in [0.3, 0.4) is 0 Å². The Morgan fingerprint density at radius 1 is 1.09 bits per heavy atom. The highest BCUT2D eigenvalue weighted by atomic mass is 35.5. The topological polar surface area (TPSA) is 155 Å². The first kappa shape index (κ1) is 38.3. The third-order valence-corrected chi connectivity index (χ3v) is 10.9. The minimum absolute atomic E-state index is 0.000265. The number of carbonyl (C=O) groups excluding carboxylic acids is 1. The maximum Gasteiger partial charge on any atom is 0.293 e. The number of hydrogen-bond donors (Lipinski definition) is 2. The van der Waals surface area contributed by atoms with Crippen molar-refractivity contribution in [3.8, 4) is 11.4 Å². The summed E-state index contributed by atoms with van der Waals surface area (Å²) in [6.07, 6.45) is -2.75. The number of aromatic nitrogens is 6. The Bertz CT molecular complexity index is 2830. The van der Waals surface area contributed by atoms with E-state index < -0.39 is 87.7 Å². The van der Waals surface area contributed by atoms with E-state index in [1.807, 2.05) is 0 Å². The van der Waals surface area contributed by atoms with Crippen LogP contribution in [0, 0.1) is 17.6 Å². The largest absolute Gasteiger partial charge is 0.496 e. The van der Waals surface area contributed by atoms with E-state index >= 15 is 8.78 Å². The van der Waals surface area contributed by atoms with Gasteiger partial charge in [0.2, 0.25) is 15.9 Å². The van der Waals surface area contributed by atoms with Gasteiger partial charge >= 0.3 is 0 Å². The second kappa shape index (κ2) is 13.5. The molecule has 0 aliphatic heterocycles. The first-order valence-electron chi connectivity index (χ1n) is 17.1. The van der Waals surface area contributed by atoms with Gasteiger partial charge in [0, 0.05) is 31.0 Å². The average molecular weight is 835 g/mol. The summed E-state index contributed by atoms with van der Waals surface area (Å²) in [6, 6.07) is 8.32. The maximum atomic E-state index is 15.4. The number of fused-ring (bicyclic) bond motifs is 5. The highest BCUT2D eigenvalue weighted by Gasteiger charge is 2.67. The molecule has 0 bridgehead atoms. The van der Waals surface area contributed by atoms with E-state index in [1.54, 1.807) is 0 Å². The van der Waals surface area contributed by atoms with Crippen LogP contribution in [0.5, 0.6) is 5.75 Å². The number of hydrogen-bond acceptors (Lipinski definition) is 8. The molecule has 2 N–H and O–H groups in total. The molecule has 2 aliphatic carbocycles. The molecular weight excluding hydrogens is 806 g/mol. The summed E-state index contributed by atoms with van der Waals surface area (Å²) in [6.45, 7) is -0.975. The predicted molar refractivity (Wildman–Crippen MR) is 195 cm³/mol. The molecule has 0 unspecified atom stereocenters. The number of amides is 1. The number of rotatable bonds is 11. The molecule has 1 saturated carbocycles. The van der Waals surface area contributed by atoms with Crippen LogP contribution < -0.4 is 20.3 Å². The predicted octanol–water partition coefficient (Wildman–Crippen LogP) is 6.03. The molecule has 3 aromatic carbocycles. The number of aryl methyl sites for hydroxylation is 1. The molecule has 57 heavy (non-hydrogen) atoms. The molecule has 0 spiro atoms. The Morgan fingerprint density at radius 2 is 1.81 bits per heavy atom.